The summed E-state index contributed by atoms with van der Waals surface area (Å²) in [7, 11) is 0. The summed E-state index contributed by atoms with van der Waals surface area (Å²) in [6, 6.07) is 1.84. The van der Waals surface area contributed by atoms with E-state index in [1.54, 1.807) is 0 Å². The van der Waals surface area contributed by atoms with Crippen molar-refractivity contribution in [2.45, 2.75) is 12.3 Å². The minimum Gasteiger partial charge on any atom is -0.393 e. The van der Waals surface area contributed by atoms with Gasteiger partial charge in [-0.1, -0.05) is 0 Å². The maximum atomic E-state index is 11.1. The lowest BCUT2D eigenvalue weighted by Crippen LogP contribution is -2.03. The lowest BCUT2D eigenvalue weighted by molar-refractivity contribution is -0.152. The zero-order valence-corrected chi connectivity index (χ0v) is 8.85. The van der Waals surface area contributed by atoms with Gasteiger partial charge in [0.25, 0.3) is 0 Å². The third-order valence-electron chi connectivity index (χ3n) is 1.80. The minimum atomic E-state index is -0.431. The van der Waals surface area contributed by atoms with Gasteiger partial charge in [-0.3, -0.25) is 9.59 Å². The van der Waals surface area contributed by atoms with Crippen LogP contribution in [0.2, 0.25) is 0 Å². The van der Waals surface area contributed by atoms with E-state index < -0.39 is 11.9 Å². The van der Waals surface area contributed by atoms with Crippen molar-refractivity contribution in [3.05, 3.63) is 20.8 Å². The molecule has 13 heavy (non-hydrogen) atoms. The molecule has 3 nitrogen and oxygen atoms in total. The van der Waals surface area contributed by atoms with Crippen LogP contribution in [-0.4, -0.2) is 11.9 Å². The number of ether oxygens (including phenoxy) is 1. The Morgan fingerprint density at radius 1 is 1.54 bits per heavy atom. The van der Waals surface area contributed by atoms with Crippen LogP contribution >= 0.6 is 27.3 Å². The van der Waals surface area contributed by atoms with E-state index in [4.69, 9.17) is 0 Å². The molecule has 1 aliphatic rings. The number of cyclic esters (lactones) is 2. The molecule has 1 aromatic heterocycles. The normalized spacial score (nSPS) is 22.1. The van der Waals surface area contributed by atoms with Crippen LogP contribution in [0.3, 0.4) is 0 Å². The van der Waals surface area contributed by atoms with Gasteiger partial charge >= 0.3 is 11.9 Å². The van der Waals surface area contributed by atoms with Crippen LogP contribution in [0.4, 0.5) is 0 Å². The summed E-state index contributed by atoms with van der Waals surface area (Å²) in [6.07, 6.45) is 0.172. The Morgan fingerprint density at radius 2 is 2.31 bits per heavy atom. The molecule has 0 amide bonds. The van der Waals surface area contributed by atoms with Gasteiger partial charge in [-0.2, -0.15) is 0 Å². The molecule has 0 aromatic carbocycles. The van der Waals surface area contributed by atoms with Crippen LogP contribution in [0.15, 0.2) is 15.9 Å². The van der Waals surface area contributed by atoms with Crippen LogP contribution in [0.5, 0.6) is 0 Å². The highest BCUT2D eigenvalue weighted by molar-refractivity contribution is 9.10. The molecule has 5 heteroatoms. The predicted molar refractivity (Wildman–Crippen MR) is 50.5 cm³/mol. The molecule has 2 rings (SSSR count). The average Bonchev–Trinajstić information content (AvgIpc) is 2.58. The summed E-state index contributed by atoms with van der Waals surface area (Å²) in [4.78, 5) is 22.8. The van der Waals surface area contributed by atoms with Crippen LogP contribution in [0, 0.1) is 0 Å². The first-order valence-corrected chi connectivity index (χ1v) is 5.32. The van der Waals surface area contributed by atoms with Gasteiger partial charge in [0.2, 0.25) is 0 Å². The van der Waals surface area contributed by atoms with E-state index in [-0.39, 0.29) is 12.3 Å². The van der Waals surface area contributed by atoms with Crippen molar-refractivity contribution in [1.29, 1.82) is 0 Å². The van der Waals surface area contributed by atoms with Crippen molar-refractivity contribution in [2.24, 2.45) is 0 Å². The highest BCUT2D eigenvalue weighted by Gasteiger charge is 2.35. The summed E-state index contributed by atoms with van der Waals surface area (Å²) in [5.74, 6) is -1.25. The molecule has 1 saturated heterocycles. The minimum absolute atomic E-state index is 0.172. The first-order chi connectivity index (χ1) is 6.16. The van der Waals surface area contributed by atoms with Crippen molar-refractivity contribution in [1.82, 2.24) is 0 Å². The zero-order chi connectivity index (χ0) is 9.42. The van der Waals surface area contributed by atoms with E-state index in [1.165, 1.54) is 11.3 Å². The Bertz CT molecular complexity index is 371. The number of halogens is 1. The van der Waals surface area contributed by atoms with Gasteiger partial charge < -0.3 is 4.74 Å². The number of thiophene rings is 1. The quantitative estimate of drug-likeness (QED) is 0.574. The molecule has 1 unspecified atom stereocenters. The fraction of sp³-hybridized carbons (Fsp3) is 0.250. The second-order valence-electron chi connectivity index (χ2n) is 2.72. The highest BCUT2D eigenvalue weighted by atomic mass is 79.9. The van der Waals surface area contributed by atoms with Crippen molar-refractivity contribution in [3.63, 3.8) is 0 Å². The molecule has 0 radical (unpaired) electrons. The molecule has 1 aliphatic heterocycles. The fourth-order valence-corrected chi connectivity index (χ4v) is 2.74. The molecule has 0 aliphatic carbocycles. The highest BCUT2D eigenvalue weighted by Crippen LogP contribution is 2.33. The summed E-state index contributed by atoms with van der Waals surface area (Å²) in [6.45, 7) is 0. The summed E-state index contributed by atoms with van der Waals surface area (Å²) < 4.78 is 5.38. The molecule has 0 spiro atoms. The lowest BCUT2D eigenvalue weighted by Gasteiger charge is -1.97. The van der Waals surface area contributed by atoms with E-state index >= 15 is 0 Å². The Morgan fingerprint density at radius 3 is 2.77 bits per heavy atom. The summed E-state index contributed by atoms with van der Waals surface area (Å²) in [5.41, 5.74) is 0. The molecule has 0 N–H and O–H groups in total. The Kier molecular flexibility index (Phi) is 2.21. The van der Waals surface area contributed by atoms with E-state index in [2.05, 4.69) is 20.7 Å². The maximum Gasteiger partial charge on any atom is 0.322 e. The number of rotatable bonds is 1. The molecule has 68 valence electrons. The zero-order valence-electron chi connectivity index (χ0n) is 6.45. The standard InChI is InChI=1S/C8H5BrO3S/c9-4-1-6(13-3-4)5-2-7(10)12-8(5)11/h1,3,5H,2H2. The third kappa shape index (κ3) is 1.66. The van der Waals surface area contributed by atoms with Gasteiger partial charge in [0.05, 0.1) is 6.42 Å². The predicted octanol–water partition coefficient (Wildman–Crippen LogP) is 2.07. The summed E-state index contributed by atoms with van der Waals surface area (Å²) >= 11 is 4.74. The first-order valence-electron chi connectivity index (χ1n) is 3.65. The molecule has 2 heterocycles. The van der Waals surface area contributed by atoms with Gasteiger partial charge in [0.1, 0.15) is 5.92 Å². The number of carbonyl (C=O) groups excluding carboxylic acids is 2. The SMILES string of the molecule is O=C1CC(c2cc(Br)cs2)C(=O)O1. The molecular formula is C8H5BrO3S. The van der Waals surface area contributed by atoms with Crippen molar-refractivity contribution < 1.29 is 14.3 Å². The van der Waals surface area contributed by atoms with Crippen molar-refractivity contribution in [2.75, 3.05) is 0 Å². The van der Waals surface area contributed by atoms with Gasteiger partial charge in [-0.15, -0.1) is 11.3 Å². The summed E-state index contributed by atoms with van der Waals surface area (Å²) in [5, 5.41) is 1.88. The van der Waals surface area contributed by atoms with E-state index in [0.717, 1.165) is 9.35 Å². The van der Waals surface area contributed by atoms with Crippen molar-refractivity contribution >= 4 is 39.2 Å². The number of hydrogen-bond acceptors (Lipinski definition) is 4. The smallest absolute Gasteiger partial charge is 0.322 e. The van der Waals surface area contributed by atoms with Crippen molar-refractivity contribution in [3.8, 4) is 0 Å². The molecule has 1 fully saturated rings. The van der Waals surface area contributed by atoms with E-state index in [0.29, 0.717) is 0 Å². The van der Waals surface area contributed by atoms with Gasteiger partial charge in [0, 0.05) is 14.7 Å². The topological polar surface area (TPSA) is 43.4 Å². The number of carbonyl (C=O) groups is 2. The molecule has 1 aromatic rings. The first kappa shape index (κ1) is 8.90. The van der Waals surface area contributed by atoms with Crippen LogP contribution in [0.1, 0.15) is 17.2 Å². The molecule has 1 atom stereocenters. The number of esters is 2. The van der Waals surface area contributed by atoms with E-state index in [1.807, 2.05) is 11.4 Å². The van der Waals surface area contributed by atoms with Crippen LogP contribution in [0.25, 0.3) is 0 Å². The van der Waals surface area contributed by atoms with Gasteiger partial charge in [-0.25, -0.2) is 0 Å². The monoisotopic (exact) mass is 260 g/mol. The Labute approximate surface area is 86.8 Å². The second-order valence-corrected chi connectivity index (χ2v) is 4.58. The number of hydrogen-bond donors (Lipinski definition) is 0. The molecular weight excluding hydrogens is 256 g/mol. The molecule has 0 saturated carbocycles. The largest absolute Gasteiger partial charge is 0.393 e. The lowest BCUT2D eigenvalue weighted by atomic mass is 10.1. The van der Waals surface area contributed by atoms with E-state index in [9.17, 15) is 9.59 Å². The van der Waals surface area contributed by atoms with Crippen LogP contribution in [-0.2, 0) is 14.3 Å². The Balaban J connectivity index is 2.27. The average molecular weight is 261 g/mol. The maximum absolute atomic E-state index is 11.1. The molecule has 0 bridgehead atoms. The third-order valence-corrected chi connectivity index (χ3v) is 3.61. The second kappa shape index (κ2) is 3.23. The van der Waals surface area contributed by atoms with Crippen LogP contribution < -0.4 is 0 Å². The fourth-order valence-electron chi connectivity index (χ4n) is 1.20. The van der Waals surface area contributed by atoms with Gasteiger partial charge in [0.15, 0.2) is 0 Å². The Hall–Kier alpha value is -0.680. The van der Waals surface area contributed by atoms with Gasteiger partial charge in [-0.05, 0) is 22.0 Å².